The minimum Gasteiger partial charge on any atom is -0.362 e. The molecular weight excluding hydrogens is 332 g/mol. The lowest BCUT2D eigenvalue weighted by atomic mass is 10.1. The number of anilines is 1. The largest absolute Gasteiger partial charge is 0.362 e. The van der Waals surface area contributed by atoms with Crippen molar-refractivity contribution in [2.75, 3.05) is 11.4 Å². The molecule has 0 bridgehead atoms. The van der Waals surface area contributed by atoms with Gasteiger partial charge in [-0.1, -0.05) is 40.2 Å². The molecule has 0 unspecified atom stereocenters. The zero-order valence-electron chi connectivity index (χ0n) is 12.0. The summed E-state index contributed by atoms with van der Waals surface area (Å²) >= 11 is 3.29. The first-order valence-corrected chi connectivity index (χ1v) is 7.55. The predicted molar refractivity (Wildman–Crippen MR) is 88.7 cm³/mol. The van der Waals surface area contributed by atoms with Gasteiger partial charge in [0.2, 0.25) is 0 Å². The van der Waals surface area contributed by atoms with E-state index in [0.29, 0.717) is 23.2 Å². The molecule has 2 rings (SSSR count). The topological polar surface area (TPSA) is 46.4 Å². The highest BCUT2D eigenvalue weighted by molar-refractivity contribution is 9.10. The van der Waals surface area contributed by atoms with Gasteiger partial charge in [0.1, 0.15) is 5.69 Å². The lowest BCUT2D eigenvalue weighted by Gasteiger charge is -2.24. The van der Waals surface area contributed by atoms with Crippen LogP contribution in [-0.4, -0.2) is 11.5 Å². The summed E-state index contributed by atoms with van der Waals surface area (Å²) in [7, 11) is 0. The lowest BCUT2D eigenvalue weighted by Crippen LogP contribution is -2.23. The number of hydrogen-bond acceptors (Lipinski definition) is 3. The zero-order chi connectivity index (χ0) is 15.4. The Hall–Kier alpha value is -1.88. The van der Waals surface area contributed by atoms with Crippen LogP contribution in [0, 0.1) is 17.0 Å². The van der Waals surface area contributed by atoms with Gasteiger partial charge >= 0.3 is 0 Å². The Morgan fingerprint density at radius 1 is 1.24 bits per heavy atom. The van der Waals surface area contributed by atoms with Crippen LogP contribution in [0.4, 0.5) is 11.4 Å². The number of halogens is 1. The van der Waals surface area contributed by atoms with Crippen LogP contribution < -0.4 is 4.90 Å². The number of aryl methyl sites for hydroxylation is 1. The van der Waals surface area contributed by atoms with Crippen LogP contribution in [-0.2, 0) is 6.54 Å². The van der Waals surface area contributed by atoms with E-state index in [1.807, 2.05) is 30.0 Å². The van der Waals surface area contributed by atoms with Gasteiger partial charge in [0.25, 0.3) is 5.69 Å². The average Bonchev–Trinajstić information content (AvgIpc) is 2.46. The van der Waals surface area contributed by atoms with Crippen molar-refractivity contribution >= 4 is 27.3 Å². The number of nitrogens with zero attached hydrogens (tertiary/aromatic N) is 2. The van der Waals surface area contributed by atoms with Crippen molar-refractivity contribution in [1.82, 2.24) is 0 Å². The van der Waals surface area contributed by atoms with E-state index in [-0.39, 0.29) is 10.6 Å². The Kier molecular flexibility index (Phi) is 4.96. The van der Waals surface area contributed by atoms with Gasteiger partial charge < -0.3 is 4.90 Å². The molecular formula is C16H17BrN2O2. The quantitative estimate of drug-likeness (QED) is 0.581. The molecule has 0 spiro atoms. The highest BCUT2D eigenvalue weighted by atomic mass is 79.9. The number of nitro groups is 1. The van der Waals surface area contributed by atoms with Crippen molar-refractivity contribution in [2.24, 2.45) is 0 Å². The molecule has 0 aromatic heterocycles. The fourth-order valence-electron chi connectivity index (χ4n) is 2.27. The molecule has 2 aromatic rings. The standard InChI is InChI=1S/C16H17BrN2O2/c1-3-18(11-13-7-5-4-6-12(13)2)15-9-8-14(17)10-16(15)19(20)21/h4-10H,3,11H2,1-2H3. The molecule has 5 heteroatoms. The molecule has 0 fully saturated rings. The summed E-state index contributed by atoms with van der Waals surface area (Å²) in [6.45, 7) is 5.42. The molecule has 110 valence electrons. The summed E-state index contributed by atoms with van der Waals surface area (Å²) in [5, 5.41) is 11.3. The molecule has 0 saturated heterocycles. The van der Waals surface area contributed by atoms with E-state index in [0.717, 1.165) is 0 Å². The van der Waals surface area contributed by atoms with Gasteiger partial charge in [-0.3, -0.25) is 10.1 Å². The molecule has 0 aliphatic carbocycles. The van der Waals surface area contributed by atoms with Crippen molar-refractivity contribution < 1.29 is 4.92 Å². The summed E-state index contributed by atoms with van der Waals surface area (Å²) in [6, 6.07) is 13.3. The summed E-state index contributed by atoms with van der Waals surface area (Å²) in [6.07, 6.45) is 0. The molecule has 0 aliphatic heterocycles. The SMILES string of the molecule is CCN(Cc1ccccc1C)c1ccc(Br)cc1[N+](=O)[O-]. The van der Waals surface area contributed by atoms with Gasteiger partial charge in [0, 0.05) is 23.6 Å². The van der Waals surface area contributed by atoms with Crippen LogP contribution in [0.3, 0.4) is 0 Å². The van der Waals surface area contributed by atoms with Crippen molar-refractivity contribution in [3.8, 4) is 0 Å². The Balaban J connectivity index is 2.38. The van der Waals surface area contributed by atoms with Crippen molar-refractivity contribution in [1.29, 1.82) is 0 Å². The molecule has 0 aliphatic rings. The molecule has 2 aromatic carbocycles. The van der Waals surface area contributed by atoms with E-state index < -0.39 is 0 Å². The summed E-state index contributed by atoms with van der Waals surface area (Å²) in [4.78, 5) is 13.0. The maximum absolute atomic E-state index is 11.3. The summed E-state index contributed by atoms with van der Waals surface area (Å²) in [5.41, 5.74) is 3.14. The fourth-order valence-corrected chi connectivity index (χ4v) is 2.62. The maximum Gasteiger partial charge on any atom is 0.293 e. The van der Waals surface area contributed by atoms with E-state index in [9.17, 15) is 10.1 Å². The van der Waals surface area contributed by atoms with E-state index in [4.69, 9.17) is 0 Å². The zero-order valence-corrected chi connectivity index (χ0v) is 13.6. The Bertz CT molecular complexity index is 658. The predicted octanol–water partition coefficient (Wildman–Crippen LogP) is 4.69. The van der Waals surface area contributed by atoms with Crippen LogP contribution in [0.25, 0.3) is 0 Å². The smallest absolute Gasteiger partial charge is 0.293 e. The van der Waals surface area contributed by atoms with Gasteiger partial charge in [-0.15, -0.1) is 0 Å². The summed E-state index contributed by atoms with van der Waals surface area (Å²) in [5.74, 6) is 0. The van der Waals surface area contributed by atoms with Gasteiger partial charge in [-0.05, 0) is 37.1 Å². The highest BCUT2D eigenvalue weighted by Gasteiger charge is 2.19. The minimum absolute atomic E-state index is 0.125. The first-order valence-electron chi connectivity index (χ1n) is 6.76. The first-order chi connectivity index (χ1) is 10.0. The molecule has 4 nitrogen and oxygen atoms in total. The Morgan fingerprint density at radius 2 is 1.95 bits per heavy atom. The van der Waals surface area contributed by atoms with Crippen LogP contribution in [0.1, 0.15) is 18.1 Å². The molecule has 0 radical (unpaired) electrons. The molecule has 0 amide bonds. The van der Waals surface area contributed by atoms with Gasteiger partial charge in [-0.25, -0.2) is 0 Å². The van der Waals surface area contributed by atoms with Crippen molar-refractivity contribution in [3.63, 3.8) is 0 Å². The average molecular weight is 349 g/mol. The van der Waals surface area contributed by atoms with Crippen LogP contribution in [0.15, 0.2) is 46.9 Å². The number of nitro benzene ring substituents is 1. The van der Waals surface area contributed by atoms with E-state index in [2.05, 4.69) is 35.0 Å². The van der Waals surface area contributed by atoms with E-state index in [1.165, 1.54) is 11.1 Å². The van der Waals surface area contributed by atoms with Gasteiger partial charge in [0.15, 0.2) is 0 Å². The second-order valence-electron chi connectivity index (χ2n) is 4.83. The van der Waals surface area contributed by atoms with Gasteiger partial charge in [0.05, 0.1) is 4.92 Å². The lowest BCUT2D eigenvalue weighted by molar-refractivity contribution is -0.384. The number of benzene rings is 2. The third-order valence-electron chi connectivity index (χ3n) is 3.48. The maximum atomic E-state index is 11.3. The normalized spacial score (nSPS) is 10.4. The molecule has 0 atom stereocenters. The molecule has 0 saturated carbocycles. The summed E-state index contributed by atoms with van der Waals surface area (Å²) < 4.78 is 0.713. The van der Waals surface area contributed by atoms with Crippen molar-refractivity contribution in [3.05, 3.63) is 68.2 Å². The van der Waals surface area contributed by atoms with Crippen LogP contribution in [0.5, 0.6) is 0 Å². The fraction of sp³-hybridized carbons (Fsp3) is 0.250. The third-order valence-corrected chi connectivity index (χ3v) is 3.97. The first kappa shape index (κ1) is 15.5. The van der Waals surface area contributed by atoms with E-state index >= 15 is 0 Å². The van der Waals surface area contributed by atoms with E-state index in [1.54, 1.807) is 12.1 Å². The Labute approximate surface area is 132 Å². The number of rotatable bonds is 5. The second-order valence-corrected chi connectivity index (χ2v) is 5.75. The number of hydrogen-bond donors (Lipinski definition) is 0. The highest BCUT2D eigenvalue weighted by Crippen LogP contribution is 2.32. The minimum atomic E-state index is -0.333. The molecule has 0 heterocycles. The molecule has 21 heavy (non-hydrogen) atoms. The van der Waals surface area contributed by atoms with Crippen LogP contribution in [0.2, 0.25) is 0 Å². The van der Waals surface area contributed by atoms with Crippen LogP contribution >= 0.6 is 15.9 Å². The van der Waals surface area contributed by atoms with Crippen molar-refractivity contribution in [2.45, 2.75) is 20.4 Å². The monoisotopic (exact) mass is 348 g/mol. The third kappa shape index (κ3) is 3.61. The molecule has 0 N–H and O–H groups in total. The second kappa shape index (κ2) is 6.72. The van der Waals surface area contributed by atoms with Gasteiger partial charge in [-0.2, -0.15) is 0 Å². The Morgan fingerprint density at radius 3 is 2.57 bits per heavy atom.